The van der Waals surface area contributed by atoms with E-state index in [-0.39, 0.29) is 17.6 Å². The second-order valence-electron chi connectivity index (χ2n) is 7.88. The fraction of sp³-hybridized carbons (Fsp3) is 0.154. The number of carbonyl (C=O) groups excluding carboxylic acids is 1. The molecule has 0 aliphatic carbocycles. The molecule has 1 amide bonds. The SMILES string of the molecule is Cc1ccc(C(c2ccccc2)c2oc3nc(C)c(Br)c(C)c3c2NC(=O)c2ccco2)o1. The van der Waals surface area contributed by atoms with Crippen LogP contribution < -0.4 is 5.32 Å². The van der Waals surface area contributed by atoms with Crippen LogP contribution in [0, 0.1) is 20.8 Å². The number of rotatable bonds is 5. The largest absolute Gasteiger partial charge is 0.465 e. The van der Waals surface area contributed by atoms with Crippen LogP contribution in [0.2, 0.25) is 0 Å². The Hall–Kier alpha value is -3.58. The second kappa shape index (κ2) is 8.41. The van der Waals surface area contributed by atoms with Crippen molar-refractivity contribution in [1.29, 1.82) is 0 Å². The molecule has 4 aromatic heterocycles. The van der Waals surface area contributed by atoms with E-state index in [2.05, 4.69) is 26.2 Å². The van der Waals surface area contributed by atoms with E-state index in [9.17, 15) is 4.79 Å². The normalized spacial score (nSPS) is 12.2. The smallest absolute Gasteiger partial charge is 0.291 e. The monoisotopic (exact) mass is 504 g/mol. The third-order valence-corrected chi connectivity index (χ3v) is 6.80. The van der Waals surface area contributed by atoms with Gasteiger partial charge in [0.2, 0.25) is 5.71 Å². The Labute approximate surface area is 198 Å². The molecular formula is C26H21BrN2O4. The van der Waals surface area contributed by atoms with Crippen LogP contribution in [0.25, 0.3) is 11.1 Å². The summed E-state index contributed by atoms with van der Waals surface area (Å²) >= 11 is 3.62. The van der Waals surface area contributed by atoms with Gasteiger partial charge in [-0.2, -0.15) is 0 Å². The lowest BCUT2D eigenvalue weighted by Crippen LogP contribution is -2.13. The van der Waals surface area contributed by atoms with Gasteiger partial charge in [0.25, 0.3) is 5.91 Å². The summed E-state index contributed by atoms with van der Waals surface area (Å²) in [7, 11) is 0. The molecule has 1 atom stereocenters. The Bertz CT molecular complexity index is 1450. The molecule has 1 N–H and O–H groups in total. The number of aromatic nitrogens is 1. The molecule has 0 fully saturated rings. The number of pyridine rings is 1. The summed E-state index contributed by atoms with van der Waals surface area (Å²) in [4.78, 5) is 17.7. The number of hydrogen-bond donors (Lipinski definition) is 1. The highest BCUT2D eigenvalue weighted by atomic mass is 79.9. The van der Waals surface area contributed by atoms with E-state index in [4.69, 9.17) is 13.3 Å². The number of nitrogens with zero attached hydrogens (tertiary/aromatic N) is 1. The molecule has 0 aliphatic heterocycles. The fourth-order valence-electron chi connectivity index (χ4n) is 4.05. The number of hydrogen-bond acceptors (Lipinski definition) is 5. The number of amides is 1. The third-order valence-electron chi connectivity index (χ3n) is 5.63. The van der Waals surface area contributed by atoms with Gasteiger partial charge >= 0.3 is 0 Å². The average molecular weight is 505 g/mol. The predicted octanol–water partition coefficient (Wildman–Crippen LogP) is 7.13. The van der Waals surface area contributed by atoms with E-state index < -0.39 is 0 Å². The molecule has 5 rings (SSSR count). The number of fused-ring (bicyclic) bond motifs is 1. The third kappa shape index (κ3) is 3.78. The molecule has 1 unspecified atom stereocenters. The Kier molecular flexibility index (Phi) is 5.42. The van der Waals surface area contributed by atoms with Gasteiger partial charge in [-0.05, 0) is 72.1 Å². The zero-order chi connectivity index (χ0) is 23.1. The van der Waals surface area contributed by atoms with Gasteiger partial charge in [-0.1, -0.05) is 30.3 Å². The quantitative estimate of drug-likeness (QED) is 0.275. The van der Waals surface area contributed by atoms with Crippen molar-refractivity contribution in [3.8, 4) is 0 Å². The van der Waals surface area contributed by atoms with Gasteiger partial charge in [-0.15, -0.1) is 0 Å². The Morgan fingerprint density at radius 1 is 1.00 bits per heavy atom. The van der Waals surface area contributed by atoms with E-state index in [0.29, 0.717) is 22.9 Å². The lowest BCUT2D eigenvalue weighted by atomic mass is 9.92. The van der Waals surface area contributed by atoms with Gasteiger partial charge in [0, 0.05) is 4.47 Å². The van der Waals surface area contributed by atoms with Crippen molar-refractivity contribution in [2.45, 2.75) is 26.7 Å². The van der Waals surface area contributed by atoms with Gasteiger partial charge in [0.1, 0.15) is 23.2 Å². The number of furan rings is 3. The van der Waals surface area contributed by atoms with Crippen LogP contribution in [-0.4, -0.2) is 10.9 Å². The van der Waals surface area contributed by atoms with Gasteiger partial charge in [0.15, 0.2) is 5.76 Å². The first-order valence-electron chi connectivity index (χ1n) is 10.5. The number of aryl methyl sites for hydroxylation is 3. The van der Waals surface area contributed by atoms with Crippen molar-refractivity contribution >= 4 is 38.6 Å². The van der Waals surface area contributed by atoms with Crippen LogP contribution in [0.1, 0.15) is 50.6 Å². The summed E-state index contributed by atoms with van der Waals surface area (Å²) in [6, 6.07) is 17.0. The molecule has 0 aliphatic rings. The number of nitrogens with one attached hydrogen (secondary N) is 1. The Morgan fingerprint density at radius 2 is 1.79 bits per heavy atom. The molecule has 33 heavy (non-hydrogen) atoms. The maximum Gasteiger partial charge on any atom is 0.291 e. The molecule has 0 spiro atoms. The minimum atomic E-state index is -0.389. The minimum Gasteiger partial charge on any atom is -0.465 e. The Morgan fingerprint density at radius 3 is 2.45 bits per heavy atom. The van der Waals surface area contributed by atoms with Crippen molar-refractivity contribution in [3.63, 3.8) is 0 Å². The van der Waals surface area contributed by atoms with Crippen LogP contribution in [0.5, 0.6) is 0 Å². The van der Waals surface area contributed by atoms with Crippen molar-refractivity contribution in [2.75, 3.05) is 5.32 Å². The van der Waals surface area contributed by atoms with Crippen LogP contribution in [0.15, 0.2) is 78.6 Å². The average Bonchev–Trinajstić information content (AvgIpc) is 3.55. The van der Waals surface area contributed by atoms with Crippen molar-refractivity contribution < 1.29 is 18.0 Å². The van der Waals surface area contributed by atoms with Crippen molar-refractivity contribution in [1.82, 2.24) is 4.98 Å². The van der Waals surface area contributed by atoms with Crippen LogP contribution in [0.4, 0.5) is 5.69 Å². The highest BCUT2D eigenvalue weighted by molar-refractivity contribution is 9.10. The molecular weight excluding hydrogens is 484 g/mol. The topological polar surface area (TPSA) is 81.4 Å². The molecule has 166 valence electrons. The molecule has 6 nitrogen and oxygen atoms in total. The number of anilines is 1. The standard InChI is InChI=1S/C26H21BrN2O4/c1-14-11-12-18(32-14)21(17-8-5-4-6-9-17)24-23(29-25(30)19-10-7-13-31-19)20-15(2)22(27)16(3)28-26(20)33-24/h4-13,21H,1-3H3,(H,29,30). The van der Waals surface area contributed by atoms with E-state index in [1.165, 1.54) is 6.26 Å². The summed E-state index contributed by atoms with van der Waals surface area (Å²) in [5.74, 6) is 1.48. The first-order valence-corrected chi connectivity index (χ1v) is 11.3. The predicted molar refractivity (Wildman–Crippen MR) is 129 cm³/mol. The van der Waals surface area contributed by atoms with Gasteiger partial charge in [-0.3, -0.25) is 4.79 Å². The lowest BCUT2D eigenvalue weighted by molar-refractivity contribution is 0.0996. The molecule has 1 aromatic carbocycles. The number of halogens is 1. The number of carbonyl (C=O) groups is 1. The first-order chi connectivity index (χ1) is 15.9. The molecule has 4 heterocycles. The van der Waals surface area contributed by atoms with Crippen LogP contribution >= 0.6 is 15.9 Å². The lowest BCUT2D eigenvalue weighted by Gasteiger charge is -2.15. The maximum absolute atomic E-state index is 13.0. The number of benzene rings is 1. The maximum atomic E-state index is 13.0. The van der Waals surface area contributed by atoms with E-state index in [1.807, 2.05) is 63.2 Å². The summed E-state index contributed by atoms with van der Waals surface area (Å²) in [5.41, 5.74) is 3.68. The summed E-state index contributed by atoms with van der Waals surface area (Å²) in [6.45, 7) is 5.78. The zero-order valence-corrected chi connectivity index (χ0v) is 19.9. The van der Waals surface area contributed by atoms with E-state index >= 15 is 0 Å². The molecule has 7 heteroatoms. The van der Waals surface area contributed by atoms with Crippen LogP contribution in [-0.2, 0) is 0 Å². The first kappa shape index (κ1) is 21.3. The summed E-state index contributed by atoms with van der Waals surface area (Å²) < 4.78 is 18.6. The van der Waals surface area contributed by atoms with Crippen LogP contribution in [0.3, 0.4) is 0 Å². The summed E-state index contributed by atoms with van der Waals surface area (Å²) in [5, 5.41) is 3.75. The van der Waals surface area contributed by atoms with Crippen molar-refractivity contribution in [3.05, 3.63) is 105 Å². The van der Waals surface area contributed by atoms with E-state index in [0.717, 1.165) is 32.4 Å². The highest BCUT2D eigenvalue weighted by Gasteiger charge is 2.31. The van der Waals surface area contributed by atoms with Gasteiger partial charge < -0.3 is 18.6 Å². The highest BCUT2D eigenvalue weighted by Crippen LogP contribution is 2.44. The minimum absolute atomic E-state index is 0.206. The molecule has 0 saturated heterocycles. The summed E-state index contributed by atoms with van der Waals surface area (Å²) in [6.07, 6.45) is 1.47. The molecule has 0 radical (unpaired) electrons. The molecule has 5 aromatic rings. The van der Waals surface area contributed by atoms with Gasteiger partial charge in [0.05, 0.1) is 23.0 Å². The second-order valence-corrected chi connectivity index (χ2v) is 8.67. The Balaban J connectivity index is 1.78. The van der Waals surface area contributed by atoms with E-state index in [1.54, 1.807) is 12.1 Å². The molecule has 0 bridgehead atoms. The fourth-order valence-corrected chi connectivity index (χ4v) is 4.34. The molecule has 0 saturated carbocycles. The van der Waals surface area contributed by atoms with Crippen molar-refractivity contribution in [2.24, 2.45) is 0 Å². The van der Waals surface area contributed by atoms with Gasteiger partial charge in [-0.25, -0.2) is 4.98 Å². The zero-order valence-electron chi connectivity index (χ0n) is 18.3.